The Kier molecular flexibility index (Phi) is 56.5. The molecule has 0 saturated heterocycles. The zero-order valence-electron chi connectivity index (χ0n) is 46.0. The summed E-state index contributed by atoms with van der Waals surface area (Å²) in [4.78, 5) is 24.5. The Morgan fingerprint density at radius 3 is 1.14 bits per heavy atom. The van der Waals surface area contributed by atoms with Crippen LogP contribution < -0.4 is 5.32 Å². The number of aliphatic hydroxyl groups excluding tert-OH is 2. The first-order valence-electron chi connectivity index (χ1n) is 30.4. The van der Waals surface area contributed by atoms with Crippen molar-refractivity contribution in [3.05, 3.63) is 48.6 Å². The molecule has 1 amide bonds. The molecule has 0 saturated carbocycles. The summed E-state index contributed by atoms with van der Waals surface area (Å²) in [7, 11) is 0. The Morgan fingerprint density at radius 2 is 0.725 bits per heavy atom. The lowest BCUT2D eigenvalue weighted by atomic mass is 10.0. The molecular formula is C63H117NO5. The Bertz CT molecular complexity index is 1160. The first-order chi connectivity index (χ1) is 34.0. The molecule has 0 heterocycles. The van der Waals surface area contributed by atoms with E-state index in [4.69, 9.17) is 4.74 Å². The standard InChI is InChI=1S/C63H117NO5/c1-3-5-7-9-11-13-15-17-19-20-24-28-31-35-39-43-47-51-55-61(66)60(59-65)64-62(67)56-52-48-44-40-36-32-29-25-22-21-23-26-30-34-38-42-46-50-54-58-69-63(68)57-53-49-45-41-37-33-27-18-16-14-12-10-8-6-4-2/h12,14,18,21-22,27,51,55,60-61,65-66H,3-11,13,15-17,19-20,23-26,28-50,52-54,56-59H2,1-2H3,(H,64,67)/b14-12-,22-21-,27-18-,55-51+. The second-order valence-electron chi connectivity index (χ2n) is 20.7. The van der Waals surface area contributed by atoms with E-state index in [-0.39, 0.29) is 18.5 Å². The van der Waals surface area contributed by atoms with E-state index in [0.717, 1.165) is 64.2 Å². The third-order valence-corrected chi connectivity index (χ3v) is 13.8. The van der Waals surface area contributed by atoms with Gasteiger partial charge >= 0.3 is 5.97 Å². The third-order valence-electron chi connectivity index (χ3n) is 13.8. The van der Waals surface area contributed by atoms with E-state index in [1.54, 1.807) is 6.08 Å². The Hall–Kier alpha value is -2.18. The van der Waals surface area contributed by atoms with Gasteiger partial charge in [0.1, 0.15) is 0 Å². The van der Waals surface area contributed by atoms with Crippen molar-refractivity contribution in [1.82, 2.24) is 5.32 Å². The average Bonchev–Trinajstić information content (AvgIpc) is 3.35. The van der Waals surface area contributed by atoms with Gasteiger partial charge in [-0.05, 0) is 89.9 Å². The van der Waals surface area contributed by atoms with Crippen molar-refractivity contribution in [3.8, 4) is 0 Å². The summed E-state index contributed by atoms with van der Waals surface area (Å²) in [6.07, 6.45) is 74.2. The average molecular weight is 969 g/mol. The first-order valence-corrected chi connectivity index (χ1v) is 30.4. The second-order valence-corrected chi connectivity index (χ2v) is 20.7. The van der Waals surface area contributed by atoms with Gasteiger partial charge in [0, 0.05) is 12.8 Å². The minimum atomic E-state index is -0.852. The van der Waals surface area contributed by atoms with Crippen LogP contribution in [0.1, 0.15) is 316 Å². The molecule has 404 valence electrons. The van der Waals surface area contributed by atoms with Gasteiger partial charge < -0.3 is 20.3 Å². The van der Waals surface area contributed by atoms with Crippen LogP contribution in [0.15, 0.2) is 48.6 Å². The van der Waals surface area contributed by atoms with Crippen molar-refractivity contribution < 1.29 is 24.5 Å². The number of allylic oxidation sites excluding steroid dienone is 7. The number of hydrogen-bond donors (Lipinski definition) is 3. The molecule has 0 aliphatic rings. The van der Waals surface area contributed by atoms with Crippen LogP contribution in [-0.2, 0) is 14.3 Å². The fourth-order valence-corrected chi connectivity index (χ4v) is 9.13. The number of carbonyl (C=O) groups is 2. The van der Waals surface area contributed by atoms with Gasteiger partial charge in [-0.2, -0.15) is 0 Å². The molecule has 6 nitrogen and oxygen atoms in total. The maximum Gasteiger partial charge on any atom is 0.305 e. The number of nitrogens with one attached hydrogen (secondary N) is 1. The maximum atomic E-state index is 12.5. The van der Waals surface area contributed by atoms with Crippen LogP contribution in [0.2, 0.25) is 0 Å². The van der Waals surface area contributed by atoms with Crippen LogP contribution >= 0.6 is 0 Å². The quantitative estimate of drug-likeness (QED) is 0.0321. The zero-order chi connectivity index (χ0) is 50.0. The molecular weight excluding hydrogens is 851 g/mol. The van der Waals surface area contributed by atoms with E-state index < -0.39 is 12.1 Å². The molecule has 2 atom stereocenters. The predicted octanol–water partition coefficient (Wildman–Crippen LogP) is 19.0. The number of rotatable bonds is 56. The number of hydrogen-bond acceptors (Lipinski definition) is 5. The van der Waals surface area contributed by atoms with Crippen LogP contribution in [0.25, 0.3) is 0 Å². The number of carbonyl (C=O) groups excluding carboxylic acids is 2. The highest BCUT2D eigenvalue weighted by Crippen LogP contribution is 2.16. The molecule has 0 bridgehead atoms. The van der Waals surface area contributed by atoms with Gasteiger partial charge in [0.2, 0.25) is 5.91 Å². The smallest absolute Gasteiger partial charge is 0.305 e. The summed E-state index contributed by atoms with van der Waals surface area (Å²) in [5, 5.41) is 23.2. The lowest BCUT2D eigenvalue weighted by Crippen LogP contribution is -2.45. The van der Waals surface area contributed by atoms with Crippen LogP contribution in [0.3, 0.4) is 0 Å². The first kappa shape index (κ1) is 66.8. The van der Waals surface area contributed by atoms with Crippen molar-refractivity contribution in [2.75, 3.05) is 13.2 Å². The molecule has 0 spiro atoms. The maximum absolute atomic E-state index is 12.5. The van der Waals surface area contributed by atoms with Crippen molar-refractivity contribution in [1.29, 1.82) is 0 Å². The molecule has 0 aliphatic heterocycles. The van der Waals surface area contributed by atoms with Gasteiger partial charge in [0.05, 0.1) is 25.4 Å². The van der Waals surface area contributed by atoms with E-state index in [9.17, 15) is 19.8 Å². The lowest BCUT2D eigenvalue weighted by molar-refractivity contribution is -0.143. The minimum Gasteiger partial charge on any atom is -0.466 e. The SMILES string of the molecule is CCCCC/C=C\C/C=C\CCCCCCCC(=O)OCCCCCCCCCC/C=C\CCCCCCCCCC(=O)NC(CO)C(O)/C=C/CCCCCCCCCCCCCCCCCC. The van der Waals surface area contributed by atoms with Crippen molar-refractivity contribution in [2.24, 2.45) is 0 Å². The van der Waals surface area contributed by atoms with Crippen molar-refractivity contribution in [3.63, 3.8) is 0 Å². The van der Waals surface area contributed by atoms with E-state index in [1.807, 2.05) is 6.08 Å². The molecule has 0 aliphatic carbocycles. The van der Waals surface area contributed by atoms with Crippen LogP contribution in [-0.4, -0.2) is 47.4 Å². The monoisotopic (exact) mass is 968 g/mol. The summed E-state index contributed by atoms with van der Waals surface area (Å²) >= 11 is 0. The number of amides is 1. The fourth-order valence-electron chi connectivity index (χ4n) is 9.13. The normalized spacial score (nSPS) is 12.9. The molecule has 2 unspecified atom stereocenters. The van der Waals surface area contributed by atoms with Gasteiger partial charge in [-0.1, -0.05) is 262 Å². The van der Waals surface area contributed by atoms with Gasteiger partial charge in [0.25, 0.3) is 0 Å². The van der Waals surface area contributed by atoms with Gasteiger partial charge in [-0.15, -0.1) is 0 Å². The minimum absolute atomic E-state index is 0.0111. The topological polar surface area (TPSA) is 95.9 Å². The predicted molar refractivity (Wildman–Crippen MR) is 301 cm³/mol. The largest absolute Gasteiger partial charge is 0.466 e. The van der Waals surface area contributed by atoms with Crippen LogP contribution in [0, 0.1) is 0 Å². The lowest BCUT2D eigenvalue weighted by Gasteiger charge is -2.20. The number of unbranched alkanes of at least 4 members (excludes halogenated alkanes) is 39. The summed E-state index contributed by atoms with van der Waals surface area (Å²) in [6.45, 7) is 4.87. The number of aliphatic hydroxyl groups is 2. The molecule has 0 aromatic heterocycles. The molecule has 69 heavy (non-hydrogen) atoms. The van der Waals surface area contributed by atoms with Crippen LogP contribution in [0.5, 0.6) is 0 Å². The molecule has 0 aromatic carbocycles. The highest BCUT2D eigenvalue weighted by atomic mass is 16.5. The Morgan fingerprint density at radius 1 is 0.406 bits per heavy atom. The summed E-state index contributed by atoms with van der Waals surface area (Å²) < 4.78 is 5.47. The fraction of sp³-hybridized carbons (Fsp3) is 0.841. The third kappa shape index (κ3) is 55.0. The Balaban J connectivity index is 3.48. The van der Waals surface area contributed by atoms with Gasteiger partial charge in [0.15, 0.2) is 0 Å². The summed E-state index contributed by atoms with van der Waals surface area (Å²) in [5.41, 5.74) is 0. The molecule has 0 aromatic rings. The molecule has 3 N–H and O–H groups in total. The number of ether oxygens (including phenoxy) is 1. The molecule has 0 rings (SSSR count). The highest BCUT2D eigenvalue weighted by molar-refractivity contribution is 5.76. The molecule has 0 radical (unpaired) electrons. The van der Waals surface area contributed by atoms with Crippen molar-refractivity contribution >= 4 is 11.9 Å². The second kappa shape index (κ2) is 58.4. The molecule has 0 fully saturated rings. The van der Waals surface area contributed by atoms with E-state index >= 15 is 0 Å². The summed E-state index contributed by atoms with van der Waals surface area (Å²) in [6, 6.07) is -0.637. The van der Waals surface area contributed by atoms with E-state index in [0.29, 0.717) is 19.4 Å². The molecule has 6 heteroatoms. The highest BCUT2D eigenvalue weighted by Gasteiger charge is 2.18. The Labute approximate surface area is 429 Å². The van der Waals surface area contributed by atoms with E-state index in [1.165, 1.54) is 225 Å². The van der Waals surface area contributed by atoms with Gasteiger partial charge in [-0.3, -0.25) is 9.59 Å². The van der Waals surface area contributed by atoms with Crippen LogP contribution in [0.4, 0.5) is 0 Å². The van der Waals surface area contributed by atoms with Crippen molar-refractivity contribution in [2.45, 2.75) is 328 Å². The van der Waals surface area contributed by atoms with E-state index in [2.05, 4.69) is 55.6 Å². The van der Waals surface area contributed by atoms with Gasteiger partial charge in [-0.25, -0.2) is 0 Å². The summed E-state index contributed by atoms with van der Waals surface area (Å²) in [5.74, 6) is -0.0879. The zero-order valence-corrected chi connectivity index (χ0v) is 46.0. The number of esters is 1.